The van der Waals surface area contributed by atoms with Crippen molar-refractivity contribution in [1.29, 1.82) is 0 Å². The van der Waals surface area contributed by atoms with E-state index in [-0.39, 0.29) is 16.7 Å². The minimum atomic E-state index is -3.85. The smallest absolute Gasteiger partial charge is 0.289 e. The average Bonchev–Trinajstić information content (AvgIpc) is 2.80. The Kier molecular flexibility index (Phi) is 4.07. The van der Waals surface area contributed by atoms with Crippen molar-refractivity contribution in [3.05, 3.63) is 34.4 Å². The molecule has 1 aliphatic heterocycles. The molecule has 8 heteroatoms. The Morgan fingerprint density at radius 3 is 2.60 bits per heavy atom. The minimum Gasteiger partial charge on any atom is -0.330 e. The van der Waals surface area contributed by atoms with Crippen LogP contribution in [0.15, 0.2) is 29.2 Å². The molecule has 1 saturated heterocycles. The maximum absolute atomic E-state index is 12.5. The molecule has 0 radical (unpaired) electrons. The van der Waals surface area contributed by atoms with Gasteiger partial charge in [0.15, 0.2) is 4.90 Å². The fraction of sp³-hybridized carbons (Fsp3) is 0.500. The summed E-state index contributed by atoms with van der Waals surface area (Å²) in [7, 11) is -3.85. The van der Waals surface area contributed by atoms with E-state index in [0.29, 0.717) is 19.6 Å². The number of hydrogen-bond acceptors (Lipinski definition) is 5. The van der Waals surface area contributed by atoms with Gasteiger partial charge in [0.05, 0.1) is 4.92 Å². The van der Waals surface area contributed by atoms with Crippen LogP contribution in [0.1, 0.15) is 6.92 Å². The molecule has 110 valence electrons. The van der Waals surface area contributed by atoms with Crippen LogP contribution >= 0.6 is 0 Å². The van der Waals surface area contributed by atoms with E-state index in [9.17, 15) is 18.5 Å². The van der Waals surface area contributed by atoms with Gasteiger partial charge in [-0.1, -0.05) is 19.1 Å². The van der Waals surface area contributed by atoms with Crippen LogP contribution < -0.4 is 5.73 Å². The molecule has 0 aromatic heterocycles. The lowest BCUT2D eigenvalue weighted by molar-refractivity contribution is -0.387. The van der Waals surface area contributed by atoms with Crippen molar-refractivity contribution in [2.24, 2.45) is 17.6 Å². The van der Waals surface area contributed by atoms with Gasteiger partial charge in [0.2, 0.25) is 10.0 Å². The molecule has 0 bridgehead atoms. The number of sulfonamides is 1. The van der Waals surface area contributed by atoms with Crippen molar-refractivity contribution in [1.82, 2.24) is 4.31 Å². The van der Waals surface area contributed by atoms with E-state index in [1.54, 1.807) is 0 Å². The second-order valence-corrected chi connectivity index (χ2v) is 6.93. The van der Waals surface area contributed by atoms with Crippen LogP contribution in [0.5, 0.6) is 0 Å². The molecule has 2 atom stereocenters. The lowest BCUT2D eigenvalue weighted by atomic mass is 9.99. The van der Waals surface area contributed by atoms with Crippen molar-refractivity contribution >= 4 is 15.7 Å². The van der Waals surface area contributed by atoms with Crippen LogP contribution in [0.3, 0.4) is 0 Å². The molecule has 1 fully saturated rings. The first-order valence-electron chi connectivity index (χ1n) is 6.31. The maximum Gasteiger partial charge on any atom is 0.289 e. The van der Waals surface area contributed by atoms with E-state index in [2.05, 4.69) is 0 Å². The molecule has 1 aliphatic rings. The van der Waals surface area contributed by atoms with Gasteiger partial charge in [0.1, 0.15) is 0 Å². The van der Waals surface area contributed by atoms with Gasteiger partial charge in [0, 0.05) is 19.2 Å². The zero-order valence-corrected chi connectivity index (χ0v) is 11.9. The molecule has 0 unspecified atom stereocenters. The predicted octanol–water partition coefficient (Wildman–Crippen LogP) is 0.810. The first-order chi connectivity index (χ1) is 9.37. The summed E-state index contributed by atoms with van der Waals surface area (Å²) in [6.45, 7) is 3.00. The van der Waals surface area contributed by atoms with E-state index in [1.165, 1.54) is 28.6 Å². The van der Waals surface area contributed by atoms with Crippen LogP contribution in [-0.4, -0.2) is 37.3 Å². The van der Waals surface area contributed by atoms with Gasteiger partial charge in [-0.05, 0) is 24.4 Å². The predicted molar refractivity (Wildman–Crippen MR) is 73.6 cm³/mol. The summed E-state index contributed by atoms with van der Waals surface area (Å²) in [6, 6.07) is 5.41. The molecular formula is C12H17N3O4S. The van der Waals surface area contributed by atoms with E-state index in [1.807, 2.05) is 6.92 Å². The molecule has 1 aromatic carbocycles. The monoisotopic (exact) mass is 299 g/mol. The zero-order chi connectivity index (χ0) is 14.9. The number of rotatable bonds is 4. The van der Waals surface area contributed by atoms with Crippen molar-refractivity contribution in [2.75, 3.05) is 19.6 Å². The van der Waals surface area contributed by atoms with Gasteiger partial charge in [-0.25, -0.2) is 8.42 Å². The normalized spacial score (nSPS) is 23.9. The molecule has 7 nitrogen and oxygen atoms in total. The van der Waals surface area contributed by atoms with Gasteiger partial charge < -0.3 is 5.73 Å². The third-order valence-corrected chi connectivity index (χ3v) is 5.60. The van der Waals surface area contributed by atoms with Crippen LogP contribution in [0.4, 0.5) is 5.69 Å². The molecule has 20 heavy (non-hydrogen) atoms. The molecule has 0 aliphatic carbocycles. The van der Waals surface area contributed by atoms with Gasteiger partial charge in [-0.15, -0.1) is 0 Å². The van der Waals surface area contributed by atoms with Crippen LogP contribution in [0.2, 0.25) is 0 Å². The van der Waals surface area contributed by atoms with Crippen molar-refractivity contribution in [3.63, 3.8) is 0 Å². The summed E-state index contributed by atoms with van der Waals surface area (Å²) in [4.78, 5) is 10.0. The van der Waals surface area contributed by atoms with Gasteiger partial charge in [0.25, 0.3) is 5.69 Å². The number of nitro benzene ring substituents is 1. The summed E-state index contributed by atoms with van der Waals surface area (Å²) in [5.41, 5.74) is 5.22. The molecular weight excluding hydrogens is 282 g/mol. The third kappa shape index (κ3) is 2.54. The van der Waals surface area contributed by atoms with Crippen LogP contribution in [0, 0.1) is 22.0 Å². The Bertz CT molecular complexity index is 617. The topological polar surface area (TPSA) is 107 Å². The molecule has 1 aromatic rings. The van der Waals surface area contributed by atoms with E-state index < -0.39 is 20.6 Å². The van der Waals surface area contributed by atoms with Crippen LogP contribution in [-0.2, 0) is 10.0 Å². The molecule has 2 N–H and O–H groups in total. The Labute approximate surface area is 117 Å². The molecule has 1 heterocycles. The number of hydrogen-bond donors (Lipinski definition) is 1. The average molecular weight is 299 g/mol. The Morgan fingerprint density at radius 2 is 2.05 bits per heavy atom. The van der Waals surface area contributed by atoms with Gasteiger partial charge >= 0.3 is 0 Å². The zero-order valence-electron chi connectivity index (χ0n) is 11.1. The van der Waals surface area contributed by atoms with E-state index >= 15 is 0 Å². The van der Waals surface area contributed by atoms with Crippen molar-refractivity contribution < 1.29 is 13.3 Å². The van der Waals surface area contributed by atoms with Gasteiger partial charge in [-0.2, -0.15) is 4.31 Å². The first kappa shape index (κ1) is 14.9. The SMILES string of the molecule is C[C@@H]1CN(S(=O)(=O)c2ccccc2[N+](=O)[O-])C[C@H]1CN. The maximum atomic E-state index is 12.5. The Balaban J connectivity index is 2.40. The summed E-state index contributed by atoms with van der Waals surface area (Å²) in [6.07, 6.45) is 0. The van der Waals surface area contributed by atoms with Crippen molar-refractivity contribution in [2.45, 2.75) is 11.8 Å². The first-order valence-corrected chi connectivity index (χ1v) is 7.75. The lowest BCUT2D eigenvalue weighted by Crippen LogP contribution is -2.30. The Morgan fingerprint density at radius 1 is 1.40 bits per heavy atom. The molecule has 2 rings (SSSR count). The van der Waals surface area contributed by atoms with Crippen LogP contribution in [0.25, 0.3) is 0 Å². The fourth-order valence-electron chi connectivity index (χ4n) is 2.45. The standard InChI is InChI=1S/C12H17N3O4S/c1-9-7-14(8-10(9)6-13)20(18,19)12-5-3-2-4-11(12)15(16)17/h2-5,9-10H,6-8,13H2,1H3/t9-,10-/m1/s1. The molecule has 0 amide bonds. The summed E-state index contributed by atoms with van der Waals surface area (Å²) in [5.74, 6) is 0.241. The van der Waals surface area contributed by atoms with E-state index in [4.69, 9.17) is 5.73 Å². The lowest BCUT2D eigenvalue weighted by Gasteiger charge is -2.16. The minimum absolute atomic E-state index is 0.0903. The molecule has 0 spiro atoms. The second-order valence-electron chi connectivity index (χ2n) is 5.02. The number of para-hydroxylation sites is 1. The largest absolute Gasteiger partial charge is 0.330 e. The summed E-state index contributed by atoms with van der Waals surface area (Å²) in [5, 5.41) is 11.0. The van der Waals surface area contributed by atoms with E-state index in [0.717, 1.165) is 0 Å². The quantitative estimate of drug-likeness (QED) is 0.654. The Hall–Kier alpha value is -1.51. The summed E-state index contributed by atoms with van der Waals surface area (Å²) < 4.78 is 26.4. The van der Waals surface area contributed by atoms with Gasteiger partial charge in [-0.3, -0.25) is 10.1 Å². The number of nitrogens with zero attached hydrogens (tertiary/aromatic N) is 2. The number of nitro groups is 1. The number of nitrogens with two attached hydrogens (primary N) is 1. The number of benzene rings is 1. The summed E-state index contributed by atoms with van der Waals surface area (Å²) >= 11 is 0. The third-order valence-electron chi connectivity index (χ3n) is 3.72. The highest BCUT2D eigenvalue weighted by atomic mass is 32.2. The van der Waals surface area contributed by atoms with Crippen molar-refractivity contribution in [3.8, 4) is 0 Å². The fourth-order valence-corrected chi connectivity index (χ4v) is 4.21. The highest BCUT2D eigenvalue weighted by Gasteiger charge is 2.39. The second kappa shape index (κ2) is 5.47. The highest BCUT2D eigenvalue weighted by Crippen LogP contribution is 2.31. The highest BCUT2D eigenvalue weighted by molar-refractivity contribution is 7.89. The molecule has 0 saturated carbocycles.